The first kappa shape index (κ1) is 16.1. The Morgan fingerprint density at radius 1 is 1.10 bits per heavy atom. The van der Waals surface area contributed by atoms with Crippen molar-refractivity contribution in [1.29, 1.82) is 0 Å². The molecule has 0 aromatic rings. The molecule has 0 aromatic heterocycles. The third-order valence-electron chi connectivity index (χ3n) is 4.92. The molecule has 1 saturated carbocycles. The number of rotatable bonds is 5. The second-order valence-corrected chi connectivity index (χ2v) is 6.42. The third kappa shape index (κ3) is 4.88. The van der Waals surface area contributed by atoms with Crippen molar-refractivity contribution in [1.82, 2.24) is 15.5 Å². The predicted octanol–water partition coefficient (Wildman–Crippen LogP) is 1.27. The van der Waals surface area contributed by atoms with Gasteiger partial charge in [0.15, 0.2) is 0 Å². The van der Waals surface area contributed by atoms with E-state index in [1.54, 1.807) is 0 Å². The van der Waals surface area contributed by atoms with E-state index in [0.29, 0.717) is 25.0 Å². The molecule has 0 spiro atoms. The highest BCUT2D eigenvalue weighted by molar-refractivity contribution is 5.73. The first-order chi connectivity index (χ1) is 10.1. The van der Waals surface area contributed by atoms with Crippen LogP contribution in [0.2, 0.25) is 0 Å². The van der Waals surface area contributed by atoms with Crippen molar-refractivity contribution < 1.29 is 14.7 Å². The van der Waals surface area contributed by atoms with Crippen molar-refractivity contribution in [3.8, 4) is 0 Å². The molecule has 21 heavy (non-hydrogen) atoms. The molecular formula is C15H27N3O3. The van der Waals surface area contributed by atoms with Crippen molar-refractivity contribution in [2.45, 2.75) is 44.6 Å². The largest absolute Gasteiger partial charge is 0.481 e. The fourth-order valence-corrected chi connectivity index (χ4v) is 3.36. The summed E-state index contributed by atoms with van der Waals surface area (Å²) in [5, 5.41) is 14.8. The number of carboxylic acids is 1. The summed E-state index contributed by atoms with van der Waals surface area (Å²) in [6.07, 6.45) is 5.60. The van der Waals surface area contributed by atoms with Crippen molar-refractivity contribution in [3.63, 3.8) is 0 Å². The van der Waals surface area contributed by atoms with Crippen molar-refractivity contribution >= 4 is 12.0 Å². The summed E-state index contributed by atoms with van der Waals surface area (Å²) in [5.74, 6) is -0.451. The Morgan fingerprint density at radius 3 is 2.33 bits per heavy atom. The topological polar surface area (TPSA) is 81.7 Å². The van der Waals surface area contributed by atoms with Crippen molar-refractivity contribution in [2.24, 2.45) is 11.8 Å². The zero-order valence-corrected chi connectivity index (χ0v) is 12.8. The highest BCUT2D eigenvalue weighted by Gasteiger charge is 2.26. The smallest absolute Gasteiger partial charge is 0.314 e. The monoisotopic (exact) mass is 297 g/mol. The Bertz CT molecular complexity index is 367. The molecule has 1 unspecified atom stereocenters. The number of likely N-dealkylation sites (N-methyl/N-ethyl adjacent to an activating group) is 1. The number of nitrogens with one attached hydrogen (secondary N) is 2. The Labute approximate surface area is 126 Å². The summed E-state index contributed by atoms with van der Waals surface area (Å²) in [5.41, 5.74) is 0. The molecule has 2 rings (SSSR count). The molecule has 3 N–H and O–H groups in total. The number of carbonyl (C=O) groups is 2. The van der Waals surface area contributed by atoms with E-state index in [4.69, 9.17) is 5.11 Å². The lowest BCUT2D eigenvalue weighted by Crippen LogP contribution is -2.44. The van der Waals surface area contributed by atoms with Gasteiger partial charge >= 0.3 is 12.0 Å². The first-order valence-electron chi connectivity index (χ1n) is 8.01. The molecule has 2 aliphatic rings. The van der Waals surface area contributed by atoms with Gasteiger partial charge < -0.3 is 20.6 Å². The van der Waals surface area contributed by atoms with Gasteiger partial charge in [-0.25, -0.2) is 4.79 Å². The minimum absolute atomic E-state index is 0.101. The van der Waals surface area contributed by atoms with Crippen LogP contribution in [0.5, 0.6) is 0 Å². The summed E-state index contributed by atoms with van der Waals surface area (Å²) in [4.78, 5) is 25.0. The number of carboxylic acid groups (broad SMARTS) is 1. The van der Waals surface area contributed by atoms with Crippen LogP contribution < -0.4 is 10.6 Å². The quantitative estimate of drug-likeness (QED) is 0.714. The number of nitrogens with zero attached hydrogens (tertiary/aromatic N) is 1. The number of carbonyl (C=O) groups excluding carboxylic acids is 1. The SMILES string of the molecule is CN1CCCC1CNC(=O)NCC1CCC(C(=O)O)CC1. The molecule has 2 amide bonds. The number of hydrogen-bond donors (Lipinski definition) is 3. The summed E-state index contributed by atoms with van der Waals surface area (Å²) >= 11 is 0. The lowest BCUT2D eigenvalue weighted by Gasteiger charge is -2.26. The Kier molecular flexibility index (Phi) is 5.85. The molecule has 1 heterocycles. The van der Waals surface area contributed by atoms with E-state index >= 15 is 0 Å². The van der Waals surface area contributed by atoms with Crippen LogP contribution in [0.4, 0.5) is 4.79 Å². The summed E-state index contributed by atoms with van der Waals surface area (Å²) in [6.45, 7) is 2.47. The van der Waals surface area contributed by atoms with Crippen LogP contribution in [-0.4, -0.2) is 54.7 Å². The van der Waals surface area contributed by atoms with E-state index in [0.717, 1.165) is 38.6 Å². The van der Waals surface area contributed by atoms with Gasteiger partial charge in [-0.1, -0.05) is 0 Å². The summed E-state index contributed by atoms with van der Waals surface area (Å²) in [6, 6.07) is 0.359. The molecule has 1 aliphatic heterocycles. The molecule has 1 saturated heterocycles. The Hall–Kier alpha value is -1.30. The molecule has 6 heteroatoms. The number of hydrogen-bond acceptors (Lipinski definition) is 3. The lowest BCUT2D eigenvalue weighted by atomic mass is 9.82. The van der Waals surface area contributed by atoms with Gasteiger partial charge in [0.1, 0.15) is 0 Å². The number of urea groups is 1. The number of amides is 2. The Balaban J connectivity index is 1.58. The molecule has 0 radical (unpaired) electrons. The van der Waals surface area contributed by atoms with Crippen molar-refractivity contribution in [2.75, 3.05) is 26.7 Å². The van der Waals surface area contributed by atoms with Crippen molar-refractivity contribution in [3.05, 3.63) is 0 Å². The minimum atomic E-state index is -0.681. The van der Waals surface area contributed by atoms with Crippen LogP contribution in [0, 0.1) is 11.8 Å². The van der Waals surface area contributed by atoms with Gasteiger partial charge in [0.25, 0.3) is 0 Å². The zero-order valence-electron chi connectivity index (χ0n) is 12.8. The van der Waals surface area contributed by atoms with Gasteiger partial charge in [0.05, 0.1) is 5.92 Å². The third-order valence-corrected chi connectivity index (χ3v) is 4.92. The molecule has 0 aromatic carbocycles. The van der Waals surface area contributed by atoms with Crippen LogP contribution >= 0.6 is 0 Å². The van der Waals surface area contributed by atoms with Crippen LogP contribution in [0.1, 0.15) is 38.5 Å². The van der Waals surface area contributed by atoms with Gasteiger partial charge in [-0.2, -0.15) is 0 Å². The molecule has 120 valence electrons. The second kappa shape index (κ2) is 7.64. The van der Waals surface area contributed by atoms with E-state index in [9.17, 15) is 9.59 Å². The van der Waals surface area contributed by atoms with E-state index in [1.165, 1.54) is 6.42 Å². The summed E-state index contributed by atoms with van der Waals surface area (Å²) < 4.78 is 0. The van der Waals surface area contributed by atoms with Crippen LogP contribution in [0.25, 0.3) is 0 Å². The molecule has 1 aliphatic carbocycles. The van der Waals surface area contributed by atoms with Gasteiger partial charge in [0.2, 0.25) is 0 Å². The van der Waals surface area contributed by atoms with E-state index in [-0.39, 0.29) is 11.9 Å². The van der Waals surface area contributed by atoms with Crippen LogP contribution in [-0.2, 0) is 4.79 Å². The maximum Gasteiger partial charge on any atom is 0.314 e. The second-order valence-electron chi connectivity index (χ2n) is 6.42. The van der Waals surface area contributed by atoms with Gasteiger partial charge in [-0.05, 0) is 58.0 Å². The lowest BCUT2D eigenvalue weighted by molar-refractivity contribution is -0.143. The van der Waals surface area contributed by atoms with Crippen LogP contribution in [0.3, 0.4) is 0 Å². The minimum Gasteiger partial charge on any atom is -0.481 e. The maximum absolute atomic E-state index is 11.8. The van der Waals surface area contributed by atoms with E-state index < -0.39 is 5.97 Å². The average molecular weight is 297 g/mol. The summed E-state index contributed by atoms with van der Waals surface area (Å²) in [7, 11) is 2.10. The highest BCUT2D eigenvalue weighted by atomic mass is 16.4. The number of likely N-dealkylation sites (tertiary alicyclic amines) is 1. The first-order valence-corrected chi connectivity index (χ1v) is 8.01. The van der Waals surface area contributed by atoms with E-state index in [2.05, 4.69) is 22.6 Å². The maximum atomic E-state index is 11.8. The van der Waals surface area contributed by atoms with E-state index in [1.807, 2.05) is 0 Å². The number of aliphatic carboxylic acids is 1. The van der Waals surface area contributed by atoms with Gasteiger partial charge in [-0.3, -0.25) is 4.79 Å². The molecule has 2 fully saturated rings. The molecule has 0 bridgehead atoms. The Morgan fingerprint density at radius 2 is 1.76 bits per heavy atom. The molecule has 1 atom stereocenters. The average Bonchev–Trinajstić information content (AvgIpc) is 2.88. The standard InChI is InChI=1S/C15H27N3O3/c1-18-8-2-3-13(18)10-17-15(21)16-9-11-4-6-12(7-5-11)14(19)20/h11-13H,2-10H2,1H3,(H,19,20)(H2,16,17,21). The zero-order chi connectivity index (χ0) is 15.2. The predicted molar refractivity (Wildman–Crippen MR) is 80.1 cm³/mol. The fourth-order valence-electron chi connectivity index (χ4n) is 3.36. The molecular weight excluding hydrogens is 270 g/mol. The fraction of sp³-hybridized carbons (Fsp3) is 0.867. The molecule has 6 nitrogen and oxygen atoms in total. The normalized spacial score (nSPS) is 30.0. The van der Waals surface area contributed by atoms with Gasteiger partial charge in [0, 0.05) is 19.1 Å². The van der Waals surface area contributed by atoms with Gasteiger partial charge in [-0.15, -0.1) is 0 Å². The van der Waals surface area contributed by atoms with Crippen LogP contribution in [0.15, 0.2) is 0 Å². The highest BCUT2D eigenvalue weighted by Crippen LogP contribution is 2.28.